The van der Waals surface area contributed by atoms with E-state index in [9.17, 15) is 4.79 Å². The van der Waals surface area contributed by atoms with Gasteiger partial charge in [0, 0.05) is 11.0 Å². The summed E-state index contributed by atoms with van der Waals surface area (Å²) in [4.78, 5) is 11.8. The number of thiocarbonyl (C=S) groups is 1. The highest BCUT2D eigenvalue weighted by molar-refractivity contribution is 9.10. The van der Waals surface area contributed by atoms with Crippen molar-refractivity contribution < 1.29 is 9.53 Å². The standard InChI is InChI=1S/C13H18BrN3O2S/c1-3-7-15-13(20)17-16-12(18)9(2)19-11-6-4-5-10(14)8-11/h4-6,8-9H,3,7H2,1-2H3,(H,16,18)(H2,15,17,20)/t9-/m1/s1. The molecule has 1 amide bonds. The molecule has 0 saturated carbocycles. The van der Waals surface area contributed by atoms with Gasteiger partial charge in [-0.2, -0.15) is 0 Å². The molecule has 1 atom stereocenters. The highest BCUT2D eigenvalue weighted by atomic mass is 79.9. The van der Waals surface area contributed by atoms with Crippen LogP contribution in [0.25, 0.3) is 0 Å². The summed E-state index contributed by atoms with van der Waals surface area (Å²) in [5.74, 6) is 0.319. The van der Waals surface area contributed by atoms with E-state index < -0.39 is 6.10 Å². The molecule has 20 heavy (non-hydrogen) atoms. The van der Waals surface area contributed by atoms with Crippen LogP contribution in [0.1, 0.15) is 20.3 Å². The molecule has 3 N–H and O–H groups in total. The molecule has 110 valence electrons. The first-order valence-corrected chi connectivity index (χ1v) is 7.49. The maximum absolute atomic E-state index is 11.8. The number of amides is 1. The van der Waals surface area contributed by atoms with Crippen LogP contribution in [0.4, 0.5) is 0 Å². The number of hydrogen-bond acceptors (Lipinski definition) is 3. The zero-order valence-corrected chi connectivity index (χ0v) is 13.8. The minimum absolute atomic E-state index is 0.300. The van der Waals surface area contributed by atoms with E-state index in [-0.39, 0.29) is 5.91 Å². The number of rotatable bonds is 5. The summed E-state index contributed by atoms with van der Waals surface area (Å²) >= 11 is 8.33. The van der Waals surface area contributed by atoms with Crippen LogP contribution in [-0.2, 0) is 4.79 Å². The molecule has 0 aliphatic heterocycles. The van der Waals surface area contributed by atoms with E-state index in [0.29, 0.717) is 10.9 Å². The number of carbonyl (C=O) groups is 1. The Hall–Kier alpha value is -1.34. The lowest BCUT2D eigenvalue weighted by molar-refractivity contribution is -0.127. The van der Waals surface area contributed by atoms with Crippen LogP contribution in [0.5, 0.6) is 5.75 Å². The number of benzene rings is 1. The highest BCUT2D eigenvalue weighted by Crippen LogP contribution is 2.18. The number of carbonyl (C=O) groups excluding carboxylic acids is 1. The van der Waals surface area contributed by atoms with E-state index in [0.717, 1.165) is 17.4 Å². The van der Waals surface area contributed by atoms with Gasteiger partial charge in [0.05, 0.1) is 0 Å². The lowest BCUT2D eigenvalue weighted by Gasteiger charge is -2.16. The summed E-state index contributed by atoms with van der Waals surface area (Å²) in [6.07, 6.45) is 0.323. The molecule has 0 bridgehead atoms. The molecule has 1 rings (SSSR count). The SMILES string of the molecule is CCCNC(=S)NNC(=O)[C@@H](C)Oc1cccc(Br)c1. The summed E-state index contributed by atoms with van der Waals surface area (Å²) in [7, 11) is 0. The summed E-state index contributed by atoms with van der Waals surface area (Å²) < 4.78 is 6.42. The first-order chi connectivity index (χ1) is 9.52. The molecule has 7 heteroatoms. The third-order valence-corrected chi connectivity index (χ3v) is 3.05. The Labute approximate surface area is 132 Å². The van der Waals surface area contributed by atoms with E-state index in [2.05, 4.69) is 32.1 Å². The molecule has 0 fully saturated rings. The molecule has 0 heterocycles. The number of nitrogens with one attached hydrogen (secondary N) is 3. The number of halogens is 1. The van der Waals surface area contributed by atoms with Crippen molar-refractivity contribution in [2.75, 3.05) is 6.54 Å². The summed E-state index contributed by atoms with van der Waals surface area (Å²) in [6.45, 7) is 4.45. The van der Waals surface area contributed by atoms with Crippen molar-refractivity contribution in [1.29, 1.82) is 0 Å². The summed E-state index contributed by atoms with van der Waals surface area (Å²) in [5.41, 5.74) is 5.12. The fourth-order valence-corrected chi connectivity index (χ4v) is 1.83. The van der Waals surface area contributed by atoms with Crippen molar-refractivity contribution in [3.05, 3.63) is 28.7 Å². The molecule has 0 aliphatic carbocycles. The number of hydrazine groups is 1. The van der Waals surface area contributed by atoms with E-state index >= 15 is 0 Å². The van der Waals surface area contributed by atoms with Gasteiger partial charge in [-0.15, -0.1) is 0 Å². The Morgan fingerprint density at radius 1 is 1.45 bits per heavy atom. The van der Waals surface area contributed by atoms with Gasteiger partial charge in [0.1, 0.15) is 5.75 Å². The molecule has 5 nitrogen and oxygen atoms in total. The molecular weight excluding hydrogens is 342 g/mol. The average Bonchev–Trinajstić information content (AvgIpc) is 2.42. The predicted octanol–water partition coefficient (Wildman–Crippen LogP) is 2.12. The molecule has 1 aromatic carbocycles. The van der Waals surface area contributed by atoms with Crippen molar-refractivity contribution in [2.24, 2.45) is 0 Å². The topological polar surface area (TPSA) is 62.4 Å². The van der Waals surface area contributed by atoms with Crippen LogP contribution < -0.4 is 20.9 Å². The largest absolute Gasteiger partial charge is 0.481 e. The van der Waals surface area contributed by atoms with Gasteiger partial charge >= 0.3 is 0 Å². The minimum atomic E-state index is -0.634. The fraction of sp³-hybridized carbons (Fsp3) is 0.385. The molecule has 0 spiro atoms. The summed E-state index contributed by atoms with van der Waals surface area (Å²) in [6, 6.07) is 7.31. The van der Waals surface area contributed by atoms with Crippen LogP contribution in [-0.4, -0.2) is 23.7 Å². The average molecular weight is 360 g/mol. The van der Waals surface area contributed by atoms with Crippen LogP contribution in [0.15, 0.2) is 28.7 Å². The monoisotopic (exact) mass is 359 g/mol. The smallest absolute Gasteiger partial charge is 0.279 e. The van der Waals surface area contributed by atoms with Crippen LogP contribution >= 0.6 is 28.1 Å². The van der Waals surface area contributed by atoms with Crippen molar-refractivity contribution in [1.82, 2.24) is 16.2 Å². The van der Waals surface area contributed by atoms with Gasteiger partial charge in [-0.1, -0.05) is 28.9 Å². The second-order valence-electron chi connectivity index (χ2n) is 4.09. The van der Waals surface area contributed by atoms with E-state index in [1.54, 1.807) is 19.1 Å². The highest BCUT2D eigenvalue weighted by Gasteiger charge is 2.14. The zero-order valence-electron chi connectivity index (χ0n) is 11.4. The summed E-state index contributed by atoms with van der Waals surface area (Å²) in [5, 5.41) is 3.33. The van der Waals surface area contributed by atoms with Gasteiger partial charge in [-0.3, -0.25) is 15.6 Å². The van der Waals surface area contributed by atoms with Gasteiger partial charge in [-0.25, -0.2) is 0 Å². The second-order valence-corrected chi connectivity index (χ2v) is 5.41. The molecule has 1 aromatic rings. The Kier molecular flexibility index (Phi) is 7.32. The third kappa shape index (κ3) is 6.21. The molecule has 0 unspecified atom stereocenters. The van der Waals surface area contributed by atoms with E-state index in [1.807, 2.05) is 19.1 Å². The van der Waals surface area contributed by atoms with Crippen molar-refractivity contribution in [3.63, 3.8) is 0 Å². The lowest BCUT2D eigenvalue weighted by Crippen LogP contribution is -2.50. The quantitative estimate of drug-likeness (QED) is 0.555. The van der Waals surface area contributed by atoms with E-state index in [1.165, 1.54) is 0 Å². The molecule has 0 saturated heterocycles. The van der Waals surface area contributed by atoms with Crippen molar-refractivity contribution in [2.45, 2.75) is 26.4 Å². The zero-order chi connectivity index (χ0) is 15.0. The second kappa shape index (κ2) is 8.76. The maximum atomic E-state index is 11.8. The molecule has 0 aromatic heterocycles. The predicted molar refractivity (Wildman–Crippen MR) is 86.4 cm³/mol. The van der Waals surface area contributed by atoms with Gasteiger partial charge in [0.15, 0.2) is 11.2 Å². The molecular formula is C13H18BrN3O2S. The van der Waals surface area contributed by atoms with Crippen LogP contribution in [0.3, 0.4) is 0 Å². The van der Waals surface area contributed by atoms with Gasteiger partial charge in [0.25, 0.3) is 5.91 Å². The minimum Gasteiger partial charge on any atom is -0.481 e. The Bertz CT molecular complexity index is 471. The molecule has 0 radical (unpaired) electrons. The number of hydrogen-bond donors (Lipinski definition) is 3. The fourth-order valence-electron chi connectivity index (χ4n) is 1.30. The maximum Gasteiger partial charge on any atom is 0.279 e. The Morgan fingerprint density at radius 3 is 2.85 bits per heavy atom. The van der Waals surface area contributed by atoms with Crippen molar-refractivity contribution >= 4 is 39.2 Å². The Balaban J connectivity index is 2.37. The normalized spacial score (nSPS) is 11.3. The molecule has 0 aliphatic rings. The van der Waals surface area contributed by atoms with Crippen molar-refractivity contribution in [3.8, 4) is 5.75 Å². The number of ether oxygens (including phenoxy) is 1. The van der Waals surface area contributed by atoms with Gasteiger partial charge in [0.2, 0.25) is 0 Å². The lowest BCUT2D eigenvalue weighted by atomic mass is 10.3. The van der Waals surface area contributed by atoms with Gasteiger partial charge in [-0.05, 0) is 43.8 Å². The third-order valence-electron chi connectivity index (χ3n) is 2.31. The first kappa shape index (κ1) is 16.7. The van der Waals surface area contributed by atoms with Crippen LogP contribution in [0, 0.1) is 0 Å². The van der Waals surface area contributed by atoms with Crippen LogP contribution in [0.2, 0.25) is 0 Å². The Morgan fingerprint density at radius 2 is 2.20 bits per heavy atom. The van der Waals surface area contributed by atoms with E-state index in [4.69, 9.17) is 17.0 Å². The first-order valence-electron chi connectivity index (χ1n) is 6.29. The van der Waals surface area contributed by atoms with Gasteiger partial charge < -0.3 is 10.1 Å².